The number of hydrogen-bond acceptors (Lipinski definition) is 5. The van der Waals surface area contributed by atoms with Crippen LogP contribution in [0.25, 0.3) is 10.1 Å². The quantitative estimate of drug-likeness (QED) is 0.731. The molecule has 8 heteroatoms. The molecule has 7 nitrogen and oxygen atoms in total. The Balaban J connectivity index is 1.54. The number of carbonyl (C=O) groups excluding carboxylic acids is 2. The molecular weight excluding hydrogens is 352 g/mol. The smallest absolute Gasteiger partial charge is 0.274 e. The van der Waals surface area contributed by atoms with Crippen LogP contribution in [0.5, 0.6) is 0 Å². The van der Waals surface area contributed by atoms with Gasteiger partial charge >= 0.3 is 0 Å². The monoisotopic (exact) mass is 370 g/mol. The number of fused-ring (bicyclic) bond motifs is 2. The number of aliphatic hydroxyl groups excluding tert-OH is 1. The maximum Gasteiger partial charge on any atom is 0.274 e. The summed E-state index contributed by atoms with van der Waals surface area (Å²) in [4.78, 5) is 27.4. The molecule has 1 aliphatic heterocycles. The van der Waals surface area contributed by atoms with Crippen LogP contribution in [-0.4, -0.2) is 51.3 Å². The molecular formula is C18H18N4O3S. The molecule has 1 unspecified atom stereocenters. The molecule has 2 aromatic heterocycles. The summed E-state index contributed by atoms with van der Waals surface area (Å²) in [6, 6.07) is 11.7. The van der Waals surface area contributed by atoms with E-state index in [9.17, 15) is 14.7 Å². The summed E-state index contributed by atoms with van der Waals surface area (Å²) in [7, 11) is 1.71. The standard InChI is InChI=1S/C18H18N4O3S/c1-21(10-13-6-11-4-2-3-5-16(11)26-13)18(25)14-7-15-17(24)19-8-12(23)9-22(15)20-14/h2-7,12,23H,8-10H2,1H3,(H,19,24). The number of aromatic nitrogens is 2. The first-order chi connectivity index (χ1) is 12.5. The molecule has 26 heavy (non-hydrogen) atoms. The van der Waals surface area contributed by atoms with Crippen LogP contribution in [0.3, 0.4) is 0 Å². The van der Waals surface area contributed by atoms with Crippen LogP contribution in [0.2, 0.25) is 0 Å². The Morgan fingerprint density at radius 3 is 3.04 bits per heavy atom. The number of benzene rings is 1. The first-order valence-electron chi connectivity index (χ1n) is 8.28. The highest BCUT2D eigenvalue weighted by molar-refractivity contribution is 7.19. The molecule has 0 bridgehead atoms. The van der Waals surface area contributed by atoms with Crippen LogP contribution in [-0.2, 0) is 13.1 Å². The summed E-state index contributed by atoms with van der Waals surface area (Å²) in [5.74, 6) is -0.592. The summed E-state index contributed by atoms with van der Waals surface area (Å²) in [6.45, 7) is 0.827. The van der Waals surface area contributed by atoms with E-state index in [1.54, 1.807) is 23.3 Å². The van der Waals surface area contributed by atoms with Gasteiger partial charge in [-0.25, -0.2) is 0 Å². The van der Waals surface area contributed by atoms with Crippen molar-refractivity contribution in [1.29, 1.82) is 0 Å². The van der Waals surface area contributed by atoms with Gasteiger partial charge in [-0.3, -0.25) is 14.3 Å². The minimum atomic E-state index is -0.723. The largest absolute Gasteiger partial charge is 0.389 e. The van der Waals surface area contributed by atoms with Crippen molar-refractivity contribution in [2.24, 2.45) is 0 Å². The first-order valence-corrected chi connectivity index (χ1v) is 9.10. The maximum atomic E-state index is 12.7. The Morgan fingerprint density at radius 1 is 1.42 bits per heavy atom. The number of nitrogens with zero attached hydrogens (tertiary/aromatic N) is 3. The molecule has 3 aromatic rings. The van der Waals surface area contributed by atoms with Crippen LogP contribution in [0.4, 0.5) is 0 Å². The van der Waals surface area contributed by atoms with Crippen molar-refractivity contribution in [1.82, 2.24) is 20.0 Å². The molecule has 0 fully saturated rings. The van der Waals surface area contributed by atoms with Crippen molar-refractivity contribution in [2.45, 2.75) is 19.2 Å². The van der Waals surface area contributed by atoms with Gasteiger partial charge in [0, 0.05) is 29.2 Å². The number of rotatable bonds is 3. The predicted octanol–water partition coefficient (Wildman–Crippen LogP) is 1.47. The molecule has 1 atom stereocenters. The van der Waals surface area contributed by atoms with Crippen molar-refractivity contribution in [3.63, 3.8) is 0 Å². The lowest BCUT2D eigenvalue weighted by atomic mass is 10.2. The number of thiophene rings is 1. The van der Waals surface area contributed by atoms with Crippen LogP contribution in [0, 0.1) is 0 Å². The number of carbonyl (C=O) groups is 2. The van der Waals surface area contributed by atoms with E-state index in [-0.39, 0.29) is 30.6 Å². The zero-order chi connectivity index (χ0) is 18.3. The van der Waals surface area contributed by atoms with E-state index >= 15 is 0 Å². The summed E-state index contributed by atoms with van der Waals surface area (Å²) in [6.07, 6.45) is -0.723. The van der Waals surface area contributed by atoms with E-state index in [1.165, 1.54) is 15.4 Å². The van der Waals surface area contributed by atoms with Crippen molar-refractivity contribution >= 4 is 33.2 Å². The van der Waals surface area contributed by atoms with Gasteiger partial charge in [-0.05, 0) is 17.5 Å². The fourth-order valence-electron chi connectivity index (χ4n) is 3.02. The molecule has 134 valence electrons. The van der Waals surface area contributed by atoms with E-state index in [0.29, 0.717) is 12.2 Å². The molecule has 1 aromatic carbocycles. The summed E-state index contributed by atoms with van der Waals surface area (Å²) < 4.78 is 2.58. The number of β-amino-alcohol motifs (C(OH)–C–C–N with tert-alkyl or cyclic N) is 1. The molecule has 0 radical (unpaired) electrons. The number of nitrogens with one attached hydrogen (secondary N) is 1. The van der Waals surface area contributed by atoms with Gasteiger partial charge in [0.15, 0.2) is 5.69 Å². The van der Waals surface area contributed by atoms with Gasteiger partial charge in [-0.2, -0.15) is 5.10 Å². The second-order valence-electron chi connectivity index (χ2n) is 6.37. The maximum absolute atomic E-state index is 12.7. The lowest BCUT2D eigenvalue weighted by Gasteiger charge is -2.14. The fourth-order valence-corrected chi connectivity index (χ4v) is 4.14. The first kappa shape index (κ1) is 16.7. The van der Waals surface area contributed by atoms with Gasteiger partial charge in [-0.1, -0.05) is 18.2 Å². The van der Waals surface area contributed by atoms with E-state index in [1.807, 2.05) is 18.2 Å². The Kier molecular flexibility index (Phi) is 4.21. The summed E-state index contributed by atoms with van der Waals surface area (Å²) >= 11 is 1.65. The molecule has 2 amide bonds. The third-order valence-corrected chi connectivity index (χ3v) is 5.43. The molecule has 4 rings (SSSR count). The van der Waals surface area contributed by atoms with Crippen LogP contribution in [0.15, 0.2) is 36.4 Å². The van der Waals surface area contributed by atoms with E-state index in [2.05, 4.69) is 22.5 Å². The van der Waals surface area contributed by atoms with E-state index < -0.39 is 6.10 Å². The van der Waals surface area contributed by atoms with Crippen molar-refractivity contribution in [3.05, 3.63) is 52.7 Å². The highest BCUT2D eigenvalue weighted by Crippen LogP contribution is 2.26. The SMILES string of the molecule is CN(Cc1cc2ccccc2s1)C(=O)c1cc2n(n1)CC(O)CNC2=O. The second kappa shape index (κ2) is 6.54. The highest BCUT2D eigenvalue weighted by atomic mass is 32.1. The molecule has 2 N–H and O–H groups in total. The molecule has 0 spiro atoms. The van der Waals surface area contributed by atoms with Crippen molar-refractivity contribution in [3.8, 4) is 0 Å². The summed E-state index contributed by atoms with van der Waals surface area (Å²) in [5.41, 5.74) is 0.494. The van der Waals surface area contributed by atoms with Crippen molar-refractivity contribution < 1.29 is 14.7 Å². The average molecular weight is 370 g/mol. The Morgan fingerprint density at radius 2 is 2.23 bits per heavy atom. The van der Waals surface area contributed by atoms with Crippen LogP contribution < -0.4 is 5.32 Å². The molecule has 0 aliphatic carbocycles. The van der Waals surface area contributed by atoms with Gasteiger partial charge in [-0.15, -0.1) is 11.3 Å². The normalized spacial score (nSPS) is 16.8. The highest BCUT2D eigenvalue weighted by Gasteiger charge is 2.25. The second-order valence-corrected chi connectivity index (χ2v) is 7.54. The van der Waals surface area contributed by atoms with Crippen LogP contribution >= 0.6 is 11.3 Å². The minimum absolute atomic E-state index is 0.178. The predicted molar refractivity (Wildman–Crippen MR) is 98.2 cm³/mol. The van der Waals surface area contributed by atoms with Gasteiger partial charge in [0.1, 0.15) is 5.69 Å². The number of aliphatic hydroxyl groups is 1. The zero-order valence-corrected chi connectivity index (χ0v) is 15.0. The third kappa shape index (κ3) is 3.09. The number of amides is 2. The van der Waals surface area contributed by atoms with E-state index in [4.69, 9.17) is 0 Å². The Labute approximate surface area is 153 Å². The topological polar surface area (TPSA) is 87.5 Å². The van der Waals surface area contributed by atoms with Crippen LogP contribution in [0.1, 0.15) is 25.9 Å². The Bertz CT molecular complexity index is 960. The fraction of sp³-hybridized carbons (Fsp3) is 0.278. The third-order valence-electron chi connectivity index (χ3n) is 4.33. The lowest BCUT2D eigenvalue weighted by molar-refractivity contribution is 0.0778. The number of hydrogen-bond donors (Lipinski definition) is 2. The van der Waals surface area contributed by atoms with E-state index in [0.717, 1.165) is 10.3 Å². The minimum Gasteiger partial charge on any atom is -0.389 e. The lowest BCUT2D eigenvalue weighted by Crippen LogP contribution is -2.30. The molecule has 0 saturated heterocycles. The zero-order valence-electron chi connectivity index (χ0n) is 14.2. The van der Waals surface area contributed by atoms with Gasteiger partial charge < -0.3 is 15.3 Å². The van der Waals surface area contributed by atoms with Gasteiger partial charge in [0.25, 0.3) is 11.8 Å². The van der Waals surface area contributed by atoms with Gasteiger partial charge in [0.05, 0.1) is 19.2 Å². The summed E-state index contributed by atoms with van der Waals surface area (Å²) in [5, 5.41) is 17.8. The molecule has 3 heterocycles. The average Bonchev–Trinajstić information content (AvgIpc) is 3.19. The molecule has 1 aliphatic rings. The molecule has 0 saturated carbocycles. The van der Waals surface area contributed by atoms with Crippen molar-refractivity contribution in [2.75, 3.05) is 13.6 Å². The Hall–Kier alpha value is -2.71. The van der Waals surface area contributed by atoms with Gasteiger partial charge in [0.2, 0.25) is 0 Å².